The molecule has 2 heterocycles. The van der Waals surface area contributed by atoms with Crippen LogP contribution in [0, 0.1) is 6.92 Å². The van der Waals surface area contributed by atoms with E-state index in [0.717, 1.165) is 29.1 Å². The number of aryl methyl sites for hydroxylation is 1. The molecule has 0 aliphatic rings. The second-order valence-corrected chi connectivity index (χ2v) is 6.19. The molecule has 1 unspecified atom stereocenters. The van der Waals surface area contributed by atoms with E-state index in [-0.39, 0.29) is 5.91 Å². The molecule has 0 fully saturated rings. The number of nitrogens with zero attached hydrogens (tertiary/aromatic N) is 2. The van der Waals surface area contributed by atoms with Crippen LogP contribution in [0.25, 0.3) is 11.7 Å². The lowest BCUT2D eigenvalue weighted by Gasteiger charge is -2.17. The van der Waals surface area contributed by atoms with E-state index in [2.05, 4.69) is 22.4 Å². The van der Waals surface area contributed by atoms with Crippen molar-refractivity contribution >= 4 is 11.6 Å². The van der Waals surface area contributed by atoms with Gasteiger partial charge in [0, 0.05) is 5.69 Å². The first-order valence-electron chi connectivity index (χ1n) is 8.71. The molecule has 7 heteroatoms. The summed E-state index contributed by atoms with van der Waals surface area (Å²) in [5, 5.41) is 11.0. The van der Waals surface area contributed by atoms with E-state index in [1.807, 2.05) is 31.2 Å². The lowest BCUT2D eigenvalue weighted by atomic mass is 10.2. The SMILES string of the molecule is CCC[NH+](CC(=O)Nc1ccccc1C)Cc1nnc(-c2ccco2)o1. The molecule has 26 heavy (non-hydrogen) atoms. The van der Waals surface area contributed by atoms with Gasteiger partial charge in [-0.25, -0.2) is 0 Å². The van der Waals surface area contributed by atoms with Crippen molar-refractivity contribution in [1.29, 1.82) is 0 Å². The minimum atomic E-state index is -0.0338. The van der Waals surface area contributed by atoms with Crippen molar-refractivity contribution in [3.8, 4) is 11.7 Å². The van der Waals surface area contributed by atoms with Gasteiger partial charge in [-0.3, -0.25) is 4.79 Å². The maximum atomic E-state index is 12.4. The van der Waals surface area contributed by atoms with E-state index in [0.29, 0.717) is 30.6 Å². The Morgan fingerprint density at radius 1 is 1.19 bits per heavy atom. The van der Waals surface area contributed by atoms with E-state index in [1.165, 1.54) is 0 Å². The van der Waals surface area contributed by atoms with Gasteiger partial charge in [-0.2, -0.15) is 0 Å². The number of furan rings is 1. The minimum absolute atomic E-state index is 0.0338. The number of amides is 1. The highest BCUT2D eigenvalue weighted by molar-refractivity contribution is 5.92. The number of aromatic nitrogens is 2. The van der Waals surface area contributed by atoms with Crippen molar-refractivity contribution in [2.45, 2.75) is 26.8 Å². The Morgan fingerprint density at radius 3 is 2.77 bits per heavy atom. The molecule has 3 rings (SSSR count). The number of hydrogen-bond acceptors (Lipinski definition) is 5. The number of carbonyl (C=O) groups is 1. The van der Waals surface area contributed by atoms with Crippen molar-refractivity contribution in [1.82, 2.24) is 10.2 Å². The molecule has 7 nitrogen and oxygen atoms in total. The molecule has 3 aromatic rings. The Hall–Kier alpha value is -2.93. The summed E-state index contributed by atoms with van der Waals surface area (Å²) in [5.74, 6) is 1.35. The van der Waals surface area contributed by atoms with Gasteiger partial charge in [0.05, 0.1) is 12.8 Å². The molecule has 0 saturated carbocycles. The van der Waals surface area contributed by atoms with Crippen LogP contribution in [-0.4, -0.2) is 29.2 Å². The number of nitrogens with one attached hydrogen (secondary N) is 2. The molecule has 2 N–H and O–H groups in total. The molecule has 0 aliphatic heterocycles. The zero-order chi connectivity index (χ0) is 18.4. The molecule has 1 amide bonds. The molecule has 0 bridgehead atoms. The monoisotopic (exact) mass is 355 g/mol. The summed E-state index contributed by atoms with van der Waals surface area (Å²) in [5.41, 5.74) is 1.88. The van der Waals surface area contributed by atoms with Gasteiger partial charge in [0.15, 0.2) is 18.8 Å². The lowest BCUT2D eigenvalue weighted by molar-refractivity contribution is -0.907. The van der Waals surface area contributed by atoms with Crippen LogP contribution < -0.4 is 10.2 Å². The quantitative estimate of drug-likeness (QED) is 0.646. The first-order valence-corrected chi connectivity index (χ1v) is 8.71. The Morgan fingerprint density at radius 2 is 2.04 bits per heavy atom. The van der Waals surface area contributed by atoms with Crippen LogP contribution in [0.15, 0.2) is 51.5 Å². The topological polar surface area (TPSA) is 85.6 Å². The average Bonchev–Trinajstić information content (AvgIpc) is 3.28. The van der Waals surface area contributed by atoms with Crippen molar-refractivity contribution < 1.29 is 18.5 Å². The zero-order valence-electron chi connectivity index (χ0n) is 15.0. The van der Waals surface area contributed by atoms with Crippen molar-refractivity contribution in [3.63, 3.8) is 0 Å². The highest BCUT2D eigenvalue weighted by Crippen LogP contribution is 2.17. The summed E-state index contributed by atoms with van der Waals surface area (Å²) in [6.07, 6.45) is 2.51. The molecule has 1 atom stereocenters. The van der Waals surface area contributed by atoms with Crippen LogP contribution in [0.5, 0.6) is 0 Å². The fraction of sp³-hybridized carbons (Fsp3) is 0.316. The minimum Gasteiger partial charge on any atom is -0.459 e. The van der Waals surface area contributed by atoms with Gasteiger partial charge in [-0.1, -0.05) is 25.1 Å². The number of carbonyl (C=O) groups excluding carboxylic acids is 1. The molecular formula is C19H23N4O3+. The summed E-state index contributed by atoms with van der Waals surface area (Å²) in [4.78, 5) is 13.5. The first-order chi connectivity index (χ1) is 12.7. The number of quaternary nitrogens is 1. The lowest BCUT2D eigenvalue weighted by Crippen LogP contribution is -3.11. The van der Waals surface area contributed by atoms with Crippen LogP contribution in [0.4, 0.5) is 5.69 Å². The molecule has 2 aromatic heterocycles. The van der Waals surface area contributed by atoms with Gasteiger partial charge in [-0.05, 0) is 37.1 Å². The average molecular weight is 355 g/mol. The normalized spacial score (nSPS) is 12.1. The number of hydrogen-bond donors (Lipinski definition) is 2. The van der Waals surface area contributed by atoms with Crippen molar-refractivity contribution in [2.75, 3.05) is 18.4 Å². The Balaban J connectivity index is 1.62. The third-order valence-electron chi connectivity index (χ3n) is 4.03. The summed E-state index contributed by atoms with van der Waals surface area (Å²) in [7, 11) is 0. The fourth-order valence-corrected chi connectivity index (χ4v) is 2.77. The number of rotatable bonds is 8. The van der Waals surface area contributed by atoms with Gasteiger partial charge < -0.3 is 19.1 Å². The van der Waals surface area contributed by atoms with E-state index in [1.54, 1.807) is 18.4 Å². The highest BCUT2D eigenvalue weighted by Gasteiger charge is 2.19. The fourth-order valence-electron chi connectivity index (χ4n) is 2.77. The molecule has 0 radical (unpaired) electrons. The number of anilines is 1. The predicted molar refractivity (Wildman–Crippen MR) is 96.5 cm³/mol. The maximum Gasteiger partial charge on any atom is 0.283 e. The van der Waals surface area contributed by atoms with E-state index >= 15 is 0 Å². The van der Waals surface area contributed by atoms with E-state index in [9.17, 15) is 4.79 Å². The Labute approximate surface area is 152 Å². The third kappa shape index (κ3) is 4.58. The van der Waals surface area contributed by atoms with Crippen molar-refractivity contribution in [3.05, 3.63) is 54.1 Å². The summed E-state index contributed by atoms with van der Waals surface area (Å²) < 4.78 is 10.9. The molecule has 0 aliphatic carbocycles. The van der Waals surface area contributed by atoms with Gasteiger partial charge >= 0.3 is 0 Å². The van der Waals surface area contributed by atoms with Crippen molar-refractivity contribution in [2.24, 2.45) is 0 Å². The van der Waals surface area contributed by atoms with Crippen LogP contribution in [0.2, 0.25) is 0 Å². The number of benzene rings is 1. The van der Waals surface area contributed by atoms with Gasteiger partial charge in [0.25, 0.3) is 17.7 Å². The first kappa shape index (κ1) is 17.9. The highest BCUT2D eigenvalue weighted by atomic mass is 16.4. The second kappa shape index (κ2) is 8.44. The predicted octanol–water partition coefficient (Wildman–Crippen LogP) is 2.07. The molecular weight excluding hydrogens is 332 g/mol. The largest absolute Gasteiger partial charge is 0.459 e. The van der Waals surface area contributed by atoms with Crippen LogP contribution >= 0.6 is 0 Å². The van der Waals surface area contributed by atoms with Gasteiger partial charge in [0.1, 0.15) is 0 Å². The molecule has 1 aromatic carbocycles. The zero-order valence-corrected chi connectivity index (χ0v) is 15.0. The van der Waals surface area contributed by atoms with Gasteiger partial charge in [-0.15, -0.1) is 10.2 Å². The van der Waals surface area contributed by atoms with E-state index in [4.69, 9.17) is 8.83 Å². The summed E-state index contributed by atoms with van der Waals surface area (Å²) in [6, 6.07) is 11.3. The van der Waals surface area contributed by atoms with E-state index < -0.39 is 0 Å². The Kier molecular flexibility index (Phi) is 5.80. The standard InChI is InChI=1S/C19H22N4O3/c1-3-10-23(12-17(24)20-15-8-5-4-7-14(15)2)13-18-21-22-19(26-18)16-9-6-11-25-16/h4-9,11H,3,10,12-13H2,1-2H3,(H,20,24)/p+1. The molecule has 0 spiro atoms. The number of para-hydroxylation sites is 1. The molecule has 0 saturated heterocycles. The second-order valence-electron chi connectivity index (χ2n) is 6.19. The van der Waals surface area contributed by atoms with Gasteiger partial charge in [0.2, 0.25) is 0 Å². The Bertz CT molecular complexity index is 842. The van der Waals surface area contributed by atoms with Crippen LogP contribution in [0.3, 0.4) is 0 Å². The van der Waals surface area contributed by atoms with Crippen LogP contribution in [-0.2, 0) is 11.3 Å². The third-order valence-corrected chi connectivity index (χ3v) is 4.03. The summed E-state index contributed by atoms with van der Waals surface area (Å²) >= 11 is 0. The summed E-state index contributed by atoms with van der Waals surface area (Å²) in [6.45, 7) is 5.71. The van der Waals surface area contributed by atoms with Crippen LogP contribution in [0.1, 0.15) is 24.8 Å². The maximum absolute atomic E-state index is 12.4. The smallest absolute Gasteiger partial charge is 0.283 e. The molecule has 136 valence electrons.